The van der Waals surface area contributed by atoms with Crippen LogP contribution in [0.15, 0.2) is 24.5 Å². The maximum atomic E-state index is 11.1. The Balaban J connectivity index is 0. The number of hydrogen-bond acceptors (Lipinski definition) is 5. The smallest absolute Gasteiger partial charge is 0.300 e. The van der Waals surface area contributed by atoms with Gasteiger partial charge in [0.05, 0.1) is 15.4 Å². The summed E-state index contributed by atoms with van der Waals surface area (Å²) in [7, 11) is 0. The third-order valence-corrected chi connectivity index (χ3v) is 4.32. The molecule has 0 aromatic carbocycles. The fourth-order valence-electron chi connectivity index (χ4n) is 1.26. The van der Waals surface area contributed by atoms with E-state index in [-0.39, 0.29) is 27.2 Å². The molecule has 0 spiro atoms. The number of carbonyl (C=O) groups is 3. The van der Waals surface area contributed by atoms with Gasteiger partial charge in [0.15, 0.2) is 11.6 Å². The average molecular weight is 679 g/mol. The number of rotatable bonds is 3. The molecule has 29 heavy (non-hydrogen) atoms. The average Bonchev–Trinajstić information content (AvgIpc) is 2.67. The van der Waals surface area contributed by atoms with Crippen LogP contribution in [0.2, 0.25) is 20.4 Å². The van der Waals surface area contributed by atoms with Crippen molar-refractivity contribution in [3.63, 3.8) is 0 Å². The molecule has 0 bridgehead atoms. The molecule has 160 valence electrons. The zero-order valence-corrected chi connectivity index (χ0v) is 22.5. The molecule has 0 aliphatic heterocycles. The summed E-state index contributed by atoms with van der Waals surface area (Å²) in [6.45, 7) is 2.53. The summed E-state index contributed by atoms with van der Waals surface area (Å²) in [5, 5.41) is 8.70. The van der Waals surface area contributed by atoms with Crippen molar-refractivity contribution in [3.05, 3.63) is 56.0 Å². The van der Waals surface area contributed by atoms with E-state index >= 15 is 0 Å². The first-order chi connectivity index (χ1) is 13.5. The van der Waals surface area contributed by atoms with Gasteiger partial charge in [-0.1, -0.05) is 62.3 Å². The highest BCUT2D eigenvalue weighted by Crippen LogP contribution is 2.20. The molecule has 1 N–H and O–H groups in total. The van der Waals surface area contributed by atoms with Crippen LogP contribution in [-0.2, 0) is 4.79 Å². The van der Waals surface area contributed by atoms with E-state index in [1.54, 1.807) is 0 Å². The first-order valence-corrected chi connectivity index (χ1v) is 13.4. The van der Waals surface area contributed by atoms with Crippen molar-refractivity contribution in [1.29, 1.82) is 0 Å². The van der Waals surface area contributed by atoms with Crippen LogP contribution in [-0.4, -0.2) is 37.9 Å². The van der Waals surface area contributed by atoms with Gasteiger partial charge in [-0.2, -0.15) is 0 Å². The second-order valence-electron chi connectivity index (χ2n) is 4.63. The van der Waals surface area contributed by atoms with E-state index in [2.05, 4.69) is 54.2 Å². The molecule has 0 saturated carbocycles. The first kappa shape index (κ1) is 30.9. The number of carboxylic acids is 1. The van der Waals surface area contributed by atoms with Crippen molar-refractivity contribution in [2.75, 3.05) is 5.33 Å². The number of carboxylic acid groups (broad SMARTS) is 1. The van der Waals surface area contributed by atoms with E-state index in [4.69, 9.17) is 56.3 Å². The van der Waals surface area contributed by atoms with Crippen LogP contribution in [0.25, 0.3) is 0 Å². The summed E-state index contributed by atoms with van der Waals surface area (Å²) < 4.78 is 0. The molecule has 2 heterocycles. The summed E-state index contributed by atoms with van der Waals surface area (Å²) >= 11 is 30.9. The summed E-state index contributed by atoms with van der Waals surface area (Å²) in [6.07, 6.45) is 2.80. The molecule has 0 radical (unpaired) electrons. The zero-order valence-electron chi connectivity index (χ0n) is 14.7. The van der Waals surface area contributed by atoms with Gasteiger partial charge in [0.2, 0.25) is 0 Å². The van der Waals surface area contributed by atoms with Gasteiger partial charge in [0.25, 0.3) is 5.97 Å². The molecule has 13 heteroatoms. The molecule has 2 aromatic rings. The summed E-state index contributed by atoms with van der Waals surface area (Å²) in [6, 6.07) is 3.00. The Morgan fingerprint density at radius 2 is 1.24 bits per heavy atom. The highest BCUT2D eigenvalue weighted by Gasteiger charge is 2.07. The SMILES string of the molecule is BrBr.CC(=O)O.CC(=O)c1cnc(Cl)c(Cl)c1.O=C(CBr)c1cnc(Cl)c(Cl)c1. The lowest BCUT2D eigenvalue weighted by Crippen LogP contribution is -2.00. The topological polar surface area (TPSA) is 97.2 Å². The normalized spacial score (nSPS) is 8.86. The molecule has 0 atom stereocenters. The number of Topliss-reactive ketones (excluding diaryl/α,β-unsaturated/α-hetero) is 2. The number of ketones is 2. The standard InChI is InChI=1S/C7H4BrCl2NO.C7H5Cl2NO.C2H4O2.Br2/c8-2-6(12)4-1-5(9)7(10)11-3-4;1-4(11)5-2-6(8)7(9)10-3-5;1-2(3)4;1-2/h1,3H,2H2;2-3H,1H3;1H3,(H,3,4);. The Labute approximate surface area is 211 Å². The van der Waals surface area contributed by atoms with Crippen LogP contribution >= 0.6 is 90.6 Å². The van der Waals surface area contributed by atoms with Gasteiger partial charge in [-0.25, -0.2) is 9.97 Å². The second kappa shape index (κ2) is 17.4. The maximum Gasteiger partial charge on any atom is 0.300 e. The Morgan fingerprint density at radius 1 is 0.897 bits per heavy atom. The van der Waals surface area contributed by atoms with Crippen molar-refractivity contribution in [2.24, 2.45) is 0 Å². The first-order valence-electron chi connectivity index (χ1n) is 7.05. The maximum absolute atomic E-state index is 11.1. The molecule has 6 nitrogen and oxygen atoms in total. The van der Waals surface area contributed by atoms with Crippen LogP contribution in [0, 0.1) is 0 Å². The minimum atomic E-state index is -0.833. The third-order valence-electron chi connectivity index (χ3n) is 2.44. The third kappa shape index (κ3) is 14.4. The van der Waals surface area contributed by atoms with Gasteiger partial charge in [-0.05, 0) is 19.1 Å². The minimum absolute atomic E-state index is 0.0685. The fourth-order valence-corrected chi connectivity index (χ4v) is 2.13. The van der Waals surface area contributed by atoms with Crippen molar-refractivity contribution >= 4 is 108 Å². The molecule has 2 rings (SSSR count). The second-order valence-corrected chi connectivity index (χ2v) is 6.72. The monoisotopic (exact) mass is 674 g/mol. The quantitative estimate of drug-likeness (QED) is 0.207. The Hall–Kier alpha value is -0.290. The van der Waals surface area contributed by atoms with E-state index in [0.29, 0.717) is 21.2 Å². The number of aliphatic carboxylic acids is 1. The summed E-state index contributed by atoms with van der Waals surface area (Å²) in [5.74, 6) is -0.975. The number of nitrogens with zero attached hydrogens (tertiary/aromatic N) is 2. The van der Waals surface area contributed by atoms with Crippen LogP contribution in [0.3, 0.4) is 0 Å². The predicted octanol–water partition coefficient (Wildman–Crippen LogP) is 7.34. The highest BCUT2D eigenvalue weighted by molar-refractivity contribution is 9.93. The lowest BCUT2D eigenvalue weighted by molar-refractivity contribution is -0.134. The number of pyridine rings is 2. The molecule has 0 aliphatic rings. The van der Waals surface area contributed by atoms with E-state index in [1.807, 2.05) is 0 Å². The number of halogens is 7. The zero-order chi connectivity index (χ0) is 23.1. The van der Waals surface area contributed by atoms with Crippen LogP contribution in [0.4, 0.5) is 0 Å². The lowest BCUT2D eigenvalue weighted by Gasteiger charge is -1.97. The molecule has 0 aliphatic carbocycles. The Kier molecular flexibility index (Phi) is 18.5. The Bertz CT molecular complexity index is 838. The van der Waals surface area contributed by atoms with E-state index in [9.17, 15) is 9.59 Å². The molecular formula is C16H13Br3Cl4N2O4. The van der Waals surface area contributed by atoms with Gasteiger partial charge in [-0.3, -0.25) is 14.4 Å². The number of alkyl halides is 1. The van der Waals surface area contributed by atoms with Gasteiger partial charge in [0.1, 0.15) is 10.3 Å². The van der Waals surface area contributed by atoms with Gasteiger partial charge in [-0.15, -0.1) is 0 Å². The van der Waals surface area contributed by atoms with Crippen molar-refractivity contribution in [3.8, 4) is 0 Å². The largest absolute Gasteiger partial charge is 0.481 e. The van der Waals surface area contributed by atoms with Crippen molar-refractivity contribution < 1.29 is 19.5 Å². The predicted molar refractivity (Wildman–Crippen MR) is 128 cm³/mol. The van der Waals surface area contributed by atoms with E-state index < -0.39 is 5.97 Å². The molecule has 2 aromatic heterocycles. The van der Waals surface area contributed by atoms with Gasteiger partial charge in [0, 0.05) is 58.7 Å². The summed E-state index contributed by atoms with van der Waals surface area (Å²) in [4.78, 5) is 38.3. The number of aromatic nitrogens is 2. The van der Waals surface area contributed by atoms with E-state index in [1.165, 1.54) is 31.5 Å². The number of carbonyl (C=O) groups excluding carboxylic acids is 2. The van der Waals surface area contributed by atoms with Gasteiger partial charge >= 0.3 is 0 Å². The van der Waals surface area contributed by atoms with E-state index in [0.717, 1.165) is 6.92 Å². The van der Waals surface area contributed by atoms with Crippen LogP contribution < -0.4 is 0 Å². The van der Waals surface area contributed by atoms with Crippen LogP contribution in [0.5, 0.6) is 0 Å². The lowest BCUT2D eigenvalue weighted by atomic mass is 10.2. The van der Waals surface area contributed by atoms with Crippen LogP contribution in [0.1, 0.15) is 34.6 Å². The fraction of sp³-hybridized carbons (Fsp3) is 0.188. The number of hydrogen-bond donors (Lipinski definition) is 1. The molecule has 0 amide bonds. The van der Waals surface area contributed by atoms with Crippen molar-refractivity contribution in [1.82, 2.24) is 9.97 Å². The summed E-state index contributed by atoms with van der Waals surface area (Å²) in [5.41, 5.74) is 0.931. The highest BCUT2D eigenvalue weighted by atomic mass is 80.9. The van der Waals surface area contributed by atoms with Gasteiger partial charge < -0.3 is 5.11 Å². The molecular weight excluding hydrogens is 666 g/mol. The molecule has 0 unspecified atom stereocenters. The van der Waals surface area contributed by atoms with Crippen molar-refractivity contribution in [2.45, 2.75) is 13.8 Å². The molecule has 0 fully saturated rings. The Morgan fingerprint density at radius 3 is 1.55 bits per heavy atom. The minimum Gasteiger partial charge on any atom is -0.481 e. The molecule has 0 saturated heterocycles.